The summed E-state index contributed by atoms with van der Waals surface area (Å²) in [5.74, 6) is 0.853. The molecule has 5 heteroatoms. The Morgan fingerprint density at radius 3 is 3.12 bits per heavy atom. The van der Waals surface area contributed by atoms with Crippen molar-refractivity contribution in [3.63, 3.8) is 0 Å². The van der Waals surface area contributed by atoms with Gasteiger partial charge < -0.3 is 9.72 Å². The first-order valence-electron chi connectivity index (χ1n) is 5.59. The van der Waals surface area contributed by atoms with Gasteiger partial charge in [-0.05, 0) is 31.5 Å². The monoisotopic (exact) mass is 233 g/mol. The largest absolute Gasteiger partial charge is 0.449 e. The van der Waals surface area contributed by atoms with Crippen molar-refractivity contribution in [3.8, 4) is 0 Å². The van der Waals surface area contributed by atoms with E-state index in [1.807, 2.05) is 26.0 Å². The Kier molecular flexibility index (Phi) is 3.27. The number of hydrogen-bond acceptors (Lipinski definition) is 3. The lowest BCUT2D eigenvalue weighted by Gasteiger charge is -2.05. The summed E-state index contributed by atoms with van der Waals surface area (Å²) in [4.78, 5) is 18.7. The van der Waals surface area contributed by atoms with Crippen molar-refractivity contribution < 1.29 is 9.53 Å². The molecule has 0 bridgehead atoms. The number of amides is 1. The van der Waals surface area contributed by atoms with E-state index in [9.17, 15) is 4.79 Å². The Morgan fingerprint density at radius 1 is 1.53 bits per heavy atom. The molecule has 17 heavy (non-hydrogen) atoms. The molecular formula is C12H15N3O2. The Bertz CT molecular complexity index is 534. The molecule has 0 aliphatic heterocycles. The molecule has 0 spiro atoms. The number of rotatable bonds is 3. The van der Waals surface area contributed by atoms with E-state index in [0.29, 0.717) is 12.3 Å². The number of ether oxygens (including phenoxy) is 1. The van der Waals surface area contributed by atoms with Crippen LogP contribution in [-0.2, 0) is 4.74 Å². The second-order valence-corrected chi connectivity index (χ2v) is 3.82. The van der Waals surface area contributed by atoms with Crippen molar-refractivity contribution in [2.75, 3.05) is 11.9 Å². The number of aromatic nitrogens is 2. The van der Waals surface area contributed by atoms with Gasteiger partial charge in [0.1, 0.15) is 5.82 Å². The maximum absolute atomic E-state index is 11.4. The van der Waals surface area contributed by atoms with Crippen LogP contribution in [-0.4, -0.2) is 22.7 Å². The van der Waals surface area contributed by atoms with Crippen molar-refractivity contribution >= 4 is 22.8 Å². The molecule has 1 aromatic carbocycles. The SMILES string of the molecule is CCCOC(=O)Nc1ccc2nc(C)[nH]c2c1. The molecule has 5 nitrogen and oxygen atoms in total. The van der Waals surface area contributed by atoms with E-state index in [-0.39, 0.29) is 0 Å². The van der Waals surface area contributed by atoms with Gasteiger partial charge in [0.2, 0.25) is 0 Å². The number of hydrogen-bond donors (Lipinski definition) is 2. The van der Waals surface area contributed by atoms with E-state index in [1.165, 1.54) is 0 Å². The molecule has 0 aliphatic carbocycles. The summed E-state index contributed by atoms with van der Waals surface area (Å²) in [6.45, 7) is 4.27. The van der Waals surface area contributed by atoms with Crippen LogP contribution >= 0.6 is 0 Å². The van der Waals surface area contributed by atoms with Crippen molar-refractivity contribution in [2.24, 2.45) is 0 Å². The molecule has 2 N–H and O–H groups in total. The van der Waals surface area contributed by atoms with Crippen LogP contribution < -0.4 is 5.32 Å². The van der Waals surface area contributed by atoms with E-state index in [4.69, 9.17) is 4.74 Å². The van der Waals surface area contributed by atoms with E-state index >= 15 is 0 Å². The summed E-state index contributed by atoms with van der Waals surface area (Å²) in [5.41, 5.74) is 2.48. The van der Waals surface area contributed by atoms with Gasteiger partial charge in [0, 0.05) is 5.69 Å². The van der Waals surface area contributed by atoms with E-state index < -0.39 is 6.09 Å². The minimum Gasteiger partial charge on any atom is -0.449 e. The summed E-state index contributed by atoms with van der Waals surface area (Å²) in [5, 5.41) is 2.67. The van der Waals surface area contributed by atoms with E-state index in [2.05, 4.69) is 15.3 Å². The molecule has 0 atom stereocenters. The van der Waals surface area contributed by atoms with Crippen LogP contribution in [0.1, 0.15) is 19.2 Å². The van der Waals surface area contributed by atoms with Crippen molar-refractivity contribution in [2.45, 2.75) is 20.3 Å². The predicted molar refractivity (Wildman–Crippen MR) is 66.1 cm³/mol. The van der Waals surface area contributed by atoms with Gasteiger partial charge in [0.25, 0.3) is 0 Å². The first-order chi connectivity index (χ1) is 8.19. The quantitative estimate of drug-likeness (QED) is 0.856. The lowest BCUT2D eigenvalue weighted by molar-refractivity contribution is 0.161. The van der Waals surface area contributed by atoms with Crippen LogP contribution in [0.4, 0.5) is 10.5 Å². The van der Waals surface area contributed by atoms with E-state index in [0.717, 1.165) is 23.3 Å². The topological polar surface area (TPSA) is 67.0 Å². The number of nitrogens with one attached hydrogen (secondary N) is 2. The summed E-state index contributed by atoms with van der Waals surface area (Å²) in [6.07, 6.45) is 0.383. The summed E-state index contributed by atoms with van der Waals surface area (Å²) in [7, 11) is 0. The molecule has 90 valence electrons. The number of fused-ring (bicyclic) bond motifs is 1. The molecule has 0 radical (unpaired) electrons. The van der Waals surface area contributed by atoms with Crippen LogP contribution in [0.15, 0.2) is 18.2 Å². The lowest BCUT2D eigenvalue weighted by Crippen LogP contribution is -2.13. The third-order valence-corrected chi connectivity index (χ3v) is 2.28. The summed E-state index contributed by atoms with van der Waals surface area (Å²) < 4.78 is 4.94. The lowest BCUT2D eigenvalue weighted by atomic mass is 10.3. The maximum Gasteiger partial charge on any atom is 0.411 e. The highest BCUT2D eigenvalue weighted by Gasteiger charge is 2.04. The fourth-order valence-electron chi connectivity index (χ4n) is 1.56. The highest BCUT2D eigenvalue weighted by atomic mass is 16.5. The van der Waals surface area contributed by atoms with Gasteiger partial charge in [0.05, 0.1) is 17.6 Å². The van der Waals surface area contributed by atoms with Crippen LogP contribution in [0.25, 0.3) is 11.0 Å². The average Bonchev–Trinajstić information content (AvgIpc) is 2.65. The first kappa shape index (κ1) is 11.4. The highest BCUT2D eigenvalue weighted by molar-refractivity contribution is 5.88. The third-order valence-electron chi connectivity index (χ3n) is 2.28. The van der Waals surface area contributed by atoms with Crippen LogP contribution in [0.2, 0.25) is 0 Å². The molecule has 1 heterocycles. The van der Waals surface area contributed by atoms with Crippen molar-refractivity contribution in [1.82, 2.24) is 9.97 Å². The third kappa shape index (κ3) is 2.75. The van der Waals surface area contributed by atoms with Crippen molar-refractivity contribution in [1.29, 1.82) is 0 Å². The fraction of sp³-hybridized carbons (Fsp3) is 0.333. The Labute approximate surface area is 99.2 Å². The molecule has 2 aromatic rings. The number of aryl methyl sites for hydroxylation is 1. The highest BCUT2D eigenvalue weighted by Crippen LogP contribution is 2.17. The first-order valence-corrected chi connectivity index (χ1v) is 5.59. The van der Waals surface area contributed by atoms with Gasteiger partial charge in [-0.1, -0.05) is 6.92 Å². The van der Waals surface area contributed by atoms with Gasteiger partial charge in [-0.2, -0.15) is 0 Å². The molecule has 0 saturated heterocycles. The van der Waals surface area contributed by atoms with Gasteiger partial charge >= 0.3 is 6.09 Å². The minimum absolute atomic E-state index is 0.428. The number of benzene rings is 1. The number of carbonyl (C=O) groups is 1. The number of imidazole rings is 1. The molecule has 0 fully saturated rings. The second kappa shape index (κ2) is 4.86. The number of anilines is 1. The minimum atomic E-state index is -0.428. The molecule has 1 aromatic heterocycles. The summed E-state index contributed by atoms with van der Waals surface area (Å²) in [6, 6.07) is 5.49. The Hall–Kier alpha value is -2.04. The molecule has 1 amide bonds. The summed E-state index contributed by atoms with van der Waals surface area (Å²) >= 11 is 0. The smallest absolute Gasteiger partial charge is 0.411 e. The molecule has 0 saturated carbocycles. The van der Waals surface area contributed by atoms with Gasteiger partial charge in [-0.3, -0.25) is 5.32 Å². The number of aromatic amines is 1. The van der Waals surface area contributed by atoms with Crippen LogP contribution in [0.3, 0.4) is 0 Å². The molecule has 0 unspecified atom stereocenters. The average molecular weight is 233 g/mol. The standard InChI is InChI=1S/C12H15N3O2/c1-3-6-17-12(16)15-9-4-5-10-11(7-9)14-8(2)13-10/h4-5,7H,3,6H2,1-2H3,(H,13,14)(H,15,16). The Morgan fingerprint density at radius 2 is 2.35 bits per heavy atom. The Balaban J connectivity index is 2.10. The molecule has 0 aliphatic rings. The zero-order chi connectivity index (χ0) is 12.3. The van der Waals surface area contributed by atoms with Gasteiger partial charge in [-0.25, -0.2) is 9.78 Å². The maximum atomic E-state index is 11.4. The zero-order valence-corrected chi connectivity index (χ0v) is 9.91. The molecular weight excluding hydrogens is 218 g/mol. The fourth-order valence-corrected chi connectivity index (χ4v) is 1.56. The number of nitrogens with zero attached hydrogens (tertiary/aromatic N) is 1. The number of H-pyrrole nitrogens is 1. The zero-order valence-electron chi connectivity index (χ0n) is 9.91. The normalized spacial score (nSPS) is 10.5. The van der Waals surface area contributed by atoms with Gasteiger partial charge in [-0.15, -0.1) is 0 Å². The predicted octanol–water partition coefficient (Wildman–Crippen LogP) is 2.83. The van der Waals surface area contributed by atoms with Crippen LogP contribution in [0, 0.1) is 6.92 Å². The van der Waals surface area contributed by atoms with Crippen molar-refractivity contribution in [3.05, 3.63) is 24.0 Å². The molecule has 2 rings (SSSR count). The van der Waals surface area contributed by atoms with Gasteiger partial charge in [0.15, 0.2) is 0 Å². The second-order valence-electron chi connectivity index (χ2n) is 3.82. The number of carbonyl (C=O) groups excluding carboxylic acids is 1. The van der Waals surface area contributed by atoms with E-state index in [1.54, 1.807) is 6.07 Å². The van der Waals surface area contributed by atoms with Crippen LogP contribution in [0.5, 0.6) is 0 Å².